The predicted octanol–water partition coefficient (Wildman–Crippen LogP) is 3.24. The molecule has 28 heavy (non-hydrogen) atoms. The fourth-order valence-corrected chi connectivity index (χ4v) is 4.78. The number of hydrogen-bond donors (Lipinski definition) is 1. The van der Waals surface area contributed by atoms with Crippen molar-refractivity contribution in [1.29, 1.82) is 0 Å². The first-order chi connectivity index (χ1) is 13.2. The number of nitrogens with zero attached hydrogens (tertiary/aromatic N) is 2. The first-order valence-corrected chi connectivity index (χ1v) is 10.5. The van der Waals surface area contributed by atoms with Crippen LogP contribution in [0.3, 0.4) is 0 Å². The molecule has 1 saturated heterocycles. The monoisotopic (exact) mass is 405 g/mol. The van der Waals surface area contributed by atoms with E-state index in [2.05, 4.69) is 5.32 Å². The van der Waals surface area contributed by atoms with Crippen LogP contribution in [0.2, 0.25) is 0 Å². The molecule has 1 amide bonds. The molecule has 6 nitrogen and oxygen atoms in total. The predicted molar refractivity (Wildman–Crippen MR) is 108 cm³/mol. The normalized spacial score (nSPS) is 14.9. The van der Waals surface area contributed by atoms with Crippen molar-refractivity contribution in [2.45, 2.75) is 24.7 Å². The average molecular weight is 405 g/mol. The molecule has 0 spiro atoms. The number of sulfonamides is 1. The van der Waals surface area contributed by atoms with Crippen molar-refractivity contribution in [2.75, 3.05) is 37.4 Å². The standard InChI is InChI=1S/C20H24FN3O3S/c1-14-12-16(23(2)3)7-9-18(14)22-20(25)15-6-8-17(21)19(13-15)28(26,27)24-10-4-5-11-24/h6-9,12-13H,4-5,10-11H2,1-3H3,(H,22,25). The molecule has 0 atom stereocenters. The number of carbonyl (C=O) groups is 1. The SMILES string of the molecule is Cc1cc(N(C)C)ccc1NC(=O)c1ccc(F)c(S(=O)(=O)N2CCCC2)c1. The molecular formula is C20H24FN3O3S. The van der Waals surface area contributed by atoms with Gasteiger partial charge in [-0.15, -0.1) is 0 Å². The Hall–Kier alpha value is -2.45. The first-order valence-electron chi connectivity index (χ1n) is 9.09. The van der Waals surface area contributed by atoms with Gasteiger partial charge < -0.3 is 10.2 Å². The molecule has 0 bridgehead atoms. The zero-order chi connectivity index (χ0) is 20.5. The highest BCUT2D eigenvalue weighted by molar-refractivity contribution is 7.89. The minimum absolute atomic E-state index is 0.0928. The van der Waals surface area contributed by atoms with Gasteiger partial charge in [-0.3, -0.25) is 4.79 Å². The Morgan fingerprint density at radius 1 is 1.11 bits per heavy atom. The number of nitrogens with one attached hydrogen (secondary N) is 1. The van der Waals surface area contributed by atoms with Crippen LogP contribution >= 0.6 is 0 Å². The zero-order valence-corrected chi connectivity index (χ0v) is 17.0. The lowest BCUT2D eigenvalue weighted by Gasteiger charge is -2.17. The molecule has 0 aliphatic carbocycles. The summed E-state index contributed by atoms with van der Waals surface area (Å²) in [5.74, 6) is -1.34. The van der Waals surface area contributed by atoms with Crippen molar-refractivity contribution >= 4 is 27.3 Å². The zero-order valence-electron chi connectivity index (χ0n) is 16.2. The highest BCUT2D eigenvalue weighted by Crippen LogP contribution is 2.26. The fourth-order valence-electron chi connectivity index (χ4n) is 3.17. The van der Waals surface area contributed by atoms with E-state index < -0.39 is 26.6 Å². The Morgan fingerprint density at radius 3 is 2.39 bits per heavy atom. The second kappa shape index (κ2) is 7.89. The van der Waals surface area contributed by atoms with Crippen molar-refractivity contribution in [3.63, 3.8) is 0 Å². The summed E-state index contributed by atoms with van der Waals surface area (Å²) < 4.78 is 40.9. The van der Waals surface area contributed by atoms with E-state index >= 15 is 0 Å². The van der Waals surface area contributed by atoms with E-state index in [0.29, 0.717) is 18.8 Å². The Morgan fingerprint density at radius 2 is 1.79 bits per heavy atom. The summed E-state index contributed by atoms with van der Waals surface area (Å²) in [5, 5.41) is 2.77. The van der Waals surface area contributed by atoms with Crippen LogP contribution < -0.4 is 10.2 Å². The van der Waals surface area contributed by atoms with E-state index in [4.69, 9.17) is 0 Å². The Balaban J connectivity index is 1.87. The third-order valence-corrected chi connectivity index (χ3v) is 6.76. The fraction of sp³-hybridized carbons (Fsp3) is 0.350. The van der Waals surface area contributed by atoms with Gasteiger partial charge in [0, 0.05) is 44.1 Å². The highest BCUT2D eigenvalue weighted by atomic mass is 32.2. The Labute approximate surface area is 165 Å². The van der Waals surface area contributed by atoms with Gasteiger partial charge in [0.05, 0.1) is 0 Å². The van der Waals surface area contributed by atoms with Crippen LogP contribution in [0.5, 0.6) is 0 Å². The molecule has 0 radical (unpaired) electrons. The quantitative estimate of drug-likeness (QED) is 0.829. The first kappa shape index (κ1) is 20.3. The van der Waals surface area contributed by atoms with Gasteiger partial charge in [-0.25, -0.2) is 12.8 Å². The average Bonchev–Trinajstić information content (AvgIpc) is 3.19. The molecule has 2 aromatic rings. The number of anilines is 2. The van der Waals surface area contributed by atoms with E-state index in [1.165, 1.54) is 10.4 Å². The van der Waals surface area contributed by atoms with Crippen molar-refractivity contribution in [2.24, 2.45) is 0 Å². The van der Waals surface area contributed by atoms with Crippen LogP contribution in [0.15, 0.2) is 41.3 Å². The Kier molecular flexibility index (Phi) is 5.71. The molecule has 1 heterocycles. The van der Waals surface area contributed by atoms with Gasteiger partial charge in [0.2, 0.25) is 10.0 Å². The molecule has 1 N–H and O–H groups in total. The van der Waals surface area contributed by atoms with Crippen LogP contribution in [0, 0.1) is 12.7 Å². The lowest BCUT2D eigenvalue weighted by Crippen LogP contribution is -2.29. The van der Waals surface area contributed by atoms with E-state index in [1.54, 1.807) is 6.07 Å². The summed E-state index contributed by atoms with van der Waals surface area (Å²) in [4.78, 5) is 14.1. The molecule has 150 valence electrons. The summed E-state index contributed by atoms with van der Waals surface area (Å²) in [6.45, 7) is 2.61. The van der Waals surface area contributed by atoms with E-state index in [0.717, 1.165) is 36.2 Å². The van der Waals surface area contributed by atoms with Gasteiger partial charge in [-0.05, 0) is 61.7 Å². The number of aryl methyl sites for hydroxylation is 1. The lowest BCUT2D eigenvalue weighted by molar-refractivity contribution is 0.102. The van der Waals surface area contributed by atoms with Gasteiger partial charge in [0.15, 0.2) is 0 Å². The molecule has 0 unspecified atom stereocenters. The number of carbonyl (C=O) groups excluding carboxylic acids is 1. The highest BCUT2D eigenvalue weighted by Gasteiger charge is 2.30. The molecule has 8 heteroatoms. The maximum Gasteiger partial charge on any atom is 0.255 e. The van der Waals surface area contributed by atoms with Crippen LogP contribution in [-0.4, -0.2) is 45.8 Å². The van der Waals surface area contributed by atoms with Crippen LogP contribution in [0.4, 0.5) is 15.8 Å². The number of rotatable bonds is 5. The van der Waals surface area contributed by atoms with E-state index in [9.17, 15) is 17.6 Å². The van der Waals surface area contributed by atoms with Gasteiger partial charge in [0.1, 0.15) is 10.7 Å². The molecular weight excluding hydrogens is 381 g/mol. The second-order valence-electron chi connectivity index (χ2n) is 7.10. The second-order valence-corrected chi connectivity index (χ2v) is 9.01. The molecule has 0 saturated carbocycles. The maximum atomic E-state index is 14.3. The number of halogens is 1. The topological polar surface area (TPSA) is 69.7 Å². The molecule has 1 aliphatic rings. The summed E-state index contributed by atoms with van der Waals surface area (Å²) in [6, 6.07) is 9.02. The maximum absolute atomic E-state index is 14.3. The molecule has 2 aromatic carbocycles. The Bertz CT molecular complexity index is 1000. The molecule has 1 fully saturated rings. The summed E-state index contributed by atoms with van der Waals surface area (Å²) >= 11 is 0. The third-order valence-electron chi connectivity index (χ3n) is 4.85. The van der Waals surface area contributed by atoms with Crippen LogP contribution in [0.25, 0.3) is 0 Å². The van der Waals surface area contributed by atoms with Crippen LogP contribution in [0.1, 0.15) is 28.8 Å². The van der Waals surface area contributed by atoms with Crippen molar-refractivity contribution in [3.8, 4) is 0 Å². The van der Waals surface area contributed by atoms with Crippen LogP contribution in [-0.2, 0) is 10.0 Å². The largest absolute Gasteiger partial charge is 0.378 e. The molecule has 0 aromatic heterocycles. The van der Waals surface area contributed by atoms with Gasteiger partial charge in [-0.1, -0.05) is 0 Å². The minimum Gasteiger partial charge on any atom is -0.378 e. The lowest BCUT2D eigenvalue weighted by atomic mass is 10.1. The van der Waals surface area contributed by atoms with E-state index in [1.807, 2.05) is 38.1 Å². The van der Waals surface area contributed by atoms with Gasteiger partial charge in [0.25, 0.3) is 5.91 Å². The molecule has 3 rings (SSSR count). The minimum atomic E-state index is -3.95. The number of hydrogen-bond acceptors (Lipinski definition) is 4. The van der Waals surface area contributed by atoms with Gasteiger partial charge >= 0.3 is 0 Å². The number of benzene rings is 2. The van der Waals surface area contributed by atoms with Crippen molar-refractivity contribution in [3.05, 3.63) is 53.3 Å². The van der Waals surface area contributed by atoms with Crippen molar-refractivity contribution < 1.29 is 17.6 Å². The van der Waals surface area contributed by atoms with E-state index in [-0.39, 0.29) is 5.56 Å². The number of amides is 1. The van der Waals surface area contributed by atoms with Crippen molar-refractivity contribution in [1.82, 2.24) is 4.31 Å². The summed E-state index contributed by atoms with van der Waals surface area (Å²) in [7, 11) is -0.0998. The van der Waals surface area contributed by atoms with Gasteiger partial charge in [-0.2, -0.15) is 4.31 Å². The summed E-state index contributed by atoms with van der Waals surface area (Å²) in [5.41, 5.74) is 2.57. The third kappa shape index (κ3) is 4.02. The summed E-state index contributed by atoms with van der Waals surface area (Å²) in [6.07, 6.45) is 1.51. The molecule has 1 aliphatic heterocycles. The smallest absolute Gasteiger partial charge is 0.255 e.